The number of amides is 1. The summed E-state index contributed by atoms with van der Waals surface area (Å²) < 4.78 is 2.42. The Hall–Kier alpha value is -1.81. The van der Waals surface area contributed by atoms with Crippen LogP contribution < -0.4 is 11.1 Å². The summed E-state index contributed by atoms with van der Waals surface area (Å²) >= 11 is 0. The van der Waals surface area contributed by atoms with Gasteiger partial charge in [0.25, 0.3) is 5.91 Å². The van der Waals surface area contributed by atoms with Crippen LogP contribution in [0, 0.1) is 0 Å². The molecule has 0 radical (unpaired) electrons. The van der Waals surface area contributed by atoms with Crippen molar-refractivity contribution in [2.75, 3.05) is 13.1 Å². The van der Waals surface area contributed by atoms with Gasteiger partial charge in [-0.1, -0.05) is 26.0 Å². The second kappa shape index (κ2) is 7.39. The molecule has 3 rings (SSSR count). The lowest BCUT2D eigenvalue weighted by atomic mass is 9.88. The van der Waals surface area contributed by atoms with E-state index in [4.69, 9.17) is 5.73 Å². The fourth-order valence-electron chi connectivity index (χ4n) is 4.09. The number of aryl methyl sites for hydroxylation is 2. The summed E-state index contributed by atoms with van der Waals surface area (Å²) in [6.45, 7) is 6.74. The van der Waals surface area contributed by atoms with E-state index in [-0.39, 0.29) is 5.91 Å². The lowest BCUT2D eigenvalue weighted by Gasteiger charge is -2.22. The van der Waals surface area contributed by atoms with Crippen LogP contribution in [-0.4, -0.2) is 23.6 Å². The number of aromatic nitrogens is 1. The van der Waals surface area contributed by atoms with Gasteiger partial charge in [0.05, 0.1) is 11.1 Å². The number of benzene rings is 1. The monoisotopic (exact) mass is 327 g/mol. The SMILES string of the molecule is CCCn1c2c(c3cccc(C(=O)NCCCN)c31)CCCC2C. The summed E-state index contributed by atoms with van der Waals surface area (Å²) in [5.74, 6) is 0.592. The van der Waals surface area contributed by atoms with Gasteiger partial charge in [-0.15, -0.1) is 0 Å². The molecular weight excluding hydrogens is 298 g/mol. The first-order valence-electron chi connectivity index (χ1n) is 9.31. The first kappa shape index (κ1) is 17.0. The molecule has 1 atom stereocenters. The number of hydrogen-bond acceptors (Lipinski definition) is 2. The van der Waals surface area contributed by atoms with Gasteiger partial charge in [-0.25, -0.2) is 0 Å². The third kappa shape index (κ3) is 2.95. The lowest BCUT2D eigenvalue weighted by molar-refractivity contribution is 0.0954. The highest BCUT2D eigenvalue weighted by Gasteiger charge is 2.26. The maximum atomic E-state index is 12.7. The van der Waals surface area contributed by atoms with Crippen LogP contribution in [-0.2, 0) is 13.0 Å². The second-order valence-corrected chi connectivity index (χ2v) is 6.91. The fraction of sp³-hybridized carbons (Fsp3) is 0.550. The maximum absolute atomic E-state index is 12.7. The molecule has 0 aliphatic heterocycles. The van der Waals surface area contributed by atoms with E-state index in [1.807, 2.05) is 12.1 Å². The number of nitrogens with two attached hydrogens (primary N) is 1. The van der Waals surface area contributed by atoms with Crippen LogP contribution in [0.2, 0.25) is 0 Å². The average Bonchev–Trinajstić information content (AvgIpc) is 2.91. The molecule has 130 valence electrons. The zero-order chi connectivity index (χ0) is 17.1. The molecule has 1 aliphatic carbocycles. The third-order valence-corrected chi connectivity index (χ3v) is 5.12. The van der Waals surface area contributed by atoms with Crippen LogP contribution in [0.4, 0.5) is 0 Å². The Balaban J connectivity index is 2.12. The highest BCUT2D eigenvalue weighted by Crippen LogP contribution is 2.39. The molecular formula is C20H29N3O. The minimum Gasteiger partial charge on any atom is -0.352 e. The number of nitrogens with one attached hydrogen (secondary N) is 1. The number of nitrogens with zero attached hydrogens (tertiary/aromatic N) is 1. The van der Waals surface area contributed by atoms with Crippen molar-refractivity contribution in [1.82, 2.24) is 9.88 Å². The fourth-order valence-corrected chi connectivity index (χ4v) is 4.09. The number of rotatable bonds is 6. The summed E-state index contributed by atoms with van der Waals surface area (Å²) in [5.41, 5.74) is 10.4. The van der Waals surface area contributed by atoms with Gasteiger partial charge in [-0.2, -0.15) is 0 Å². The van der Waals surface area contributed by atoms with Crippen molar-refractivity contribution >= 4 is 16.8 Å². The Labute approximate surface area is 144 Å². The molecule has 2 aromatic rings. The Kier molecular flexibility index (Phi) is 5.24. The molecule has 0 saturated carbocycles. The van der Waals surface area contributed by atoms with Crippen molar-refractivity contribution in [3.05, 3.63) is 35.0 Å². The largest absolute Gasteiger partial charge is 0.352 e. The molecule has 4 heteroatoms. The van der Waals surface area contributed by atoms with Crippen molar-refractivity contribution < 1.29 is 4.79 Å². The summed E-state index contributed by atoms with van der Waals surface area (Å²) in [7, 11) is 0. The third-order valence-electron chi connectivity index (χ3n) is 5.12. The van der Waals surface area contributed by atoms with Gasteiger partial charge in [-0.3, -0.25) is 4.79 Å². The number of hydrogen-bond donors (Lipinski definition) is 2. The van der Waals surface area contributed by atoms with Crippen molar-refractivity contribution in [2.24, 2.45) is 5.73 Å². The van der Waals surface area contributed by atoms with Gasteiger partial charge in [0.1, 0.15) is 0 Å². The van der Waals surface area contributed by atoms with Crippen molar-refractivity contribution in [1.29, 1.82) is 0 Å². The molecule has 1 amide bonds. The highest BCUT2D eigenvalue weighted by atomic mass is 16.1. The van der Waals surface area contributed by atoms with E-state index < -0.39 is 0 Å². The van der Waals surface area contributed by atoms with E-state index in [1.54, 1.807) is 0 Å². The van der Waals surface area contributed by atoms with Crippen LogP contribution in [0.25, 0.3) is 10.9 Å². The van der Waals surface area contributed by atoms with E-state index in [0.717, 1.165) is 36.9 Å². The van der Waals surface area contributed by atoms with E-state index in [0.29, 0.717) is 19.0 Å². The van der Waals surface area contributed by atoms with Crippen LogP contribution >= 0.6 is 0 Å². The first-order valence-corrected chi connectivity index (χ1v) is 9.31. The van der Waals surface area contributed by atoms with Gasteiger partial charge < -0.3 is 15.6 Å². The van der Waals surface area contributed by atoms with Gasteiger partial charge in [0.2, 0.25) is 0 Å². The van der Waals surface area contributed by atoms with Crippen molar-refractivity contribution in [2.45, 2.75) is 58.4 Å². The molecule has 0 spiro atoms. The van der Waals surface area contributed by atoms with Crippen molar-refractivity contribution in [3.8, 4) is 0 Å². The van der Waals surface area contributed by atoms with Gasteiger partial charge >= 0.3 is 0 Å². The minimum atomic E-state index is 0.0221. The minimum absolute atomic E-state index is 0.0221. The quantitative estimate of drug-likeness (QED) is 0.797. The highest BCUT2D eigenvalue weighted by molar-refractivity contribution is 6.07. The number of para-hydroxylation sites is 1. The van der Waals surface area contributed by atoms with E-state index >= 15 is 0 Å². The normalized spacial score (nSPS) is 17.0. The average molecular weight is 327 g/mol. The standard InChI is InChI=1S/C20H29N3O/c1-3-13-23-18-14(2)7-4-8-15(18)16-9-5-10-17(19(16)23)20(24)22-12-6-11-21/h5,9-10,14H,3-4,6-8,11-13,21H2,1-2H3,(H,22,24). The number of carbonyl (C=O) groups is 1. The predicted octanol–water partition coefficient (Wildman–Crippen LogP) is 3.57. The molecule has 4 nitrogen and oxygen atoms in total. The maximum Gasteiger partial charge on any atom is 0.253 e. The van der Waals surface area contributed by atoms with Crippen LogP contribution in [0.5, 0.6) is 0 Å². The molecule has 0 saturated heterocycles. The smallest absolute Gasteiger partial charge is 0.253 e. The molecule has 1 heterocycles. The summed E-state index contributed by atoms with van der Waals surface area (Å²) in [4.78, 5) is 12.7. The Bertz CT molecular complexity index is 732. The molecule has 1 aromatic heterocycles. The predicted molar refractivity (Wildman–Crippen MR) is 99.6 cm³/mol. The Morgan fingerprint density at radius 2 is 2.25 bits per heavy atom. The molecule has 3 N–H and O–H groups in total. The summed E-state index contributed by atoms with van der Waals surface area (Å²) in [5, 5.41) is 4.30. The first-order chi connectivity index (χ1) is 11.7. The molecule has 0 fully saturated rings. The van der Waals surface area contributed by atoms with Gasteiger partial charge in [0.15, 0.2) is 0 Å². The summed E-state index contributed by atoms with van der Waals surface area (Å²) in [6, 6.07) is 6.17. The lowest BCUT2D eigenvalue weighted by Crippen LogP contribution is -2.26. The zero-order valence-corrected chi connectivity index (χ0v) is 14.9. The van der Waals surface area contributed by atoms with Crippen LogP contribution in [0.15, 0.2) is 18.2 Å². The molecule has 24 heavy (non-hydrogen) atoms. The Morgan fingerprint density at radius 3 is 3.00 bits per heavy atom. The molecule has 1 aromatic carbocycles. The molecule has 1 aliphatic rings. The van der Waals surface area contributed by atoms with Crippen LogP contribution in [0.1, 0.15) is 67.1 Å². The topological polar surface area (TPSA) is 60.0 Å². The zero-order valence-electron chi connectivity index (χ0n) is 14.9. The van der Waals surface area contributed by atoms with Crippen molar-refractivity contribution in [3.63, 3.8) is 0 Å². The molecule has 0 bridgehead atoms. The van der Waals surface area contributed by atoms with E-state index in [9.17, 15) is 4.79 Å². The molecule has 1 unspecified atom stereocenters. The van der Waals surface area contributed by atoms with Gasteiger partial charge in [0, 0.05) is 24.2 Å². The number of carbonyl (C=O) groups excluding carboxylic acids is 1. The van der Waals surface area contributed by atoms with E-state index in [2.05, 4.69) is 29.8 Å². The van der Waals surface area contributed by atoms with Crippen LogP contribution in [0.3, 0.4) is 0 Å². The Morgan fingerprint density at radius 1 is 1.42 bits per heavy atom. The number of fused-ring (bicyclic) bond motifs is 3. The van der Waals surface area contributed by atoms with Gasteiger partial charge in [-0.05, 0) is 56.2 Å². The van der Waals surface area contributed by atoms with E-state index in [1.165, 1.54) is 29.5 Å². The second-order valence-electron chi connectivity index (χ2n) is 6.91. The summed E-state index contributed by atoms with van der Waals surface area (Å²) in [6.07, 6.45) is 5.50.